The van der Waals surface area contributed by atoms with E-state index in [1.807, 2.05) is 6.92 Å². The molecule has 5 heteroatoms. The van der Waals surface area contributed by atoms with Gasteiger partial charge in [0.25, 0.3) is 0 Å². The Hall–Kier alpha value is -0.650. The van der Waals surface area contributed by atoms with Crippen molar-refractivity contribution in [2.45, 2.75) is 13.3 Å². The van der Waals surface area contributed by atoms with E-state index in [9.17, 15) is 8.42 Å². The molecule has 0 amide bonds. The van der Waals surface area contributed by atoms with Gasteiger partial charge in [0.05, 0.1) is 5.75 Å². The topological polar surface area (TPSA) is 49.4 Å². The highest BCUT2D eigenvalue weighted by molar-refractivity contribution is 7.89. The quantitative estimate of drug-likeness (QED) is 0.462. The van der Waals surface area contributed by atoms with Gasteiger partial charge in [-0.05, 0) is 13.0 Å². The SMILES string of the molecule is C=CCN(CC=C)S(=O)(=O)CCNCCC. The Kier molecular flexibility index (Phi) is 8.15. The highest BCUT2D eigenvalue weighted by atomic mass is 32.2. The summed E-state index contributed by atoms with van der Waals surface area (Å²) in [7, 11) is -3.20. The van der Waals surface area contributed by atoms with Gasteiger partial charge in [-0.25, -0.2) is 8.42 Å². The van der Waals surface area contributed by atoms with Gasteiger partial charge in [0.1, 0.15) is 0 Å². The Bertz CT molecular complexity index is 289. The van der Waals surface area contributed by atoms with Crippen molar-refractivity contribution in [1.82, 2.24) is 9.62 Å². The van der Waals surface area contributed by atoms with Crippen molar-refractivity contribution in [1.29, 1.82) is 0 Å². The zero-order valence-corrected chi connectivity index (χ0v) is 10.8. The van der Waals surface area contributed by atoms with E-state index in [2.05, 4.69) is 18.5 Å². The van der Waals surface area contributed by atoms with Crippen molar-refractivity contribution < 1.29 is 8.42 Å². The summed E-state index contributed by atoms with van der Waals surface area (Å²) >= 11 is 0. The summed E-state index contributed by atoms with van der Waals surface area (Å²) in [6.45, 7) is 11.1. The first-order valence-electron chi connectivity index (χ1n) is 5.48. The molecule has 0 aromatic carbocycles. The molecular formula is C11H22N2O2S. The molecule has 0 saturated heterocycles. The number of nitrogens with one attached hydrogen (secondary N) is 1. The minimum absolute atomic E-state index is 0.120. The maximum atomic E-state index is 11.9. The van der Waals surface area contributed by atoms with Gasteiger partial charge < -0.3 is 5.32 Å². The van der Waals surface area contributed by atoms with Crippen molar-refractivity contribution in [3.05, 3.63) is 25.3 Å². The summed E-state index contributed by atoms with van der Waals surface area (Å²) in [5, 5.41) is 3.07. The van der Waals surface area contributed by atoms with Crippen LogP contribution >= 0.6 is 0 Å². The molecule has 0 aliphatic carbocycles. The Morgan fingerprint density at radius 2 is 1.75 bits per heavy atom. The molecule has 0 radical (unpaired) electrons. The minimum atomic E-state index is -3.20. The van der Waals surface area contributed by atoms with Gasteiger partial charge in [-0.2, -0.15) is 4.31 Å². The van der Waals surface area contributed by atoms with Crippen molar-refractivity contribution in [3.63, 3.8) is 0 Å². The molecule has 0 saturated carbocycles. The molecule has 0 aromatic heterocycles. The average molecular weight is 246 g/mol. The third-order valence-corrected chi connectivity index (χ3v) is 3.83. The van der Waals surface area contributed by atoms with Crippen LogP contribution in [0.25, 0.3) is 0 Å². The summed E-state index contributed by atoms with van der Waals surface area (Å²) in [4.78, 5) is 0. The number of hydrogen-bond donors (Lipinski definition) is 1. The summed E-state index contributed by atoms with van der Waals surface area (Å²) < 4.78 is 25.1. The van der Waals surface area contributed by atoms with Crippen molar-refractivity contribution in [3.8, 4) is 0 Å². The molecule has 0 aliphatic heterocycles. The molecule has 0 heterocycles. The fraction of sp³-hybridized carbons (Fsp3) is 0.636. The van der Waals surface area contributed by atoms with Gasteiger partial charge >= 0.3 is 0 Å². The second-order valence-electron chi connectivity index (χ2n) is 3.46. The molecule has 0 rings (SSSR count). The lowest BCUT2D eigenvalue weighted by molar-refractivity contribution is 0.472. The molecule has 16 heavy (non-hydrogen) atoms. The predicted molar refractivity (Wildman–Crippen MR) is 68.9 cm³/mol. The maximum Gasteiger partial charge on any atom is 0.215 e. The van der Waals surface area contributed by atoms with Crippen LogP contribution in [0.15, 0.2) is 25.3 Å². The first-order valence-corrected chi connectivity index (χ1v) is 7.09. The van der Waals surface area contributed by atoms with Crippen molar-refractivity contribution in [2.75, 3.05) is 31.9 Å². The van der Waals surface area contributed by atoms with Crippen LogP contribution in [-0.2, 0) is 10.0 Å². The Morgan fingerprint density at radius 1 is 1.19 bits per heavy atom. The lowest BCUT2D eigenvalue weighted by Crippen LogP contribution is -2.36. The van der Waals surface area contributed by atoms with Gasteiger partial charge in [0.2, 0.25) is 10.0 Å². The number of nitrogens with zero attached hydrogens (tertiary/aromatic N) is 1. The van der Waals surface area contributed by atoms with Gasteiger partial charge in [-0.1, -0.05) is 19.1 Å². The minimum Gasteiger partial charge on any atom is -0.316 e. The van der Waals surface area contributed by atoms with Crippen molar-refractivity contribution >= 4 is 10.0 Å². The summed E-state index contributed by atoms with van der Waals surface area (Å²) in [6.07, 6.45) is 4.17. The van der Waals surface area contributed by atoms with Crippen LogP contribution in [0.3, 0.4) is 0 Å². The number of hydrogen-bond acceptors (Lipinski definition) is 3. The van der Waals surface area contributed by atoms with E-state index < -0.39 is 10.0 Å². The van der Waals surface area contributed by atoms with Gasteiger partial charge in [0, 0.05) is 19.6 Å². The summed E-state index contributed by atoms with van der Waals surface area (Å²) in [5.41, 5.74) is 0. The van der Waals surface area contributed by atoms with E-state index in [-0.39, 0.29) is 5.75 Å². The van der Waals surface area contributed by atoms with Crippen LogP contribution in [0.1, 0.15) is 13.3 Å². The van der Waals surface area contributed by atoms with Crippen LogP contribution < -0.4 is 5.32 Å². The fourth-order valence-corrected chi connectivity index (χ4v) is 2.55. The molecule has 0 unspecified atom stereocenters. The largest absolute Gasteiger partial charge is 0.316 e. The molecule has 0 fully saturated rings. The second-order valence-corrected chi connectivity index (χ2v) is 5.55. The Labute approximate surface area is 99.1 Å². The zero-order valence-electron chi connectivity index (χ0n) is 9.98. The highest BCUT2D eigenvalue weighted by Crippen LogP contribution is 2.01. The van der Waals surface area contributed by atoms with E-state index in [4.69, 9.17) is 0 Å². The first kappa shape index (κ1) is 15.3. The van der Waals surface area contributed by atoms with Crippen molar-refractivity contribution in [2.24, 2.45) is 0 Å². The van der Waals surface area contributed by atoms with Crippen LogP contribution in [0, 0.1) is 0 Å². The molecule has 0 spiro atoms. The van der Waals surface area contributed by atoms with Crippen LogP contribution in [-0.4, -0.2) is 44.7 Å². The molecule has 0 aliphatic rings. The highest BCUT2D eigenvalue weighted by Gasteiger charge is 2.18. The van der Waals surface area contributed by atoms with E-state index in [0.717, 1.165) is 13.0 Å². The molecule has 4 nitrogen and oxygen atoms in total. The Balaban J connectivity index is 4.24. The number of rotatable bonds is 10. The monoisotopic (exact) mass is 246 g/mol. The van der Waals surface area contributed by atoms with E-state index in [1.165, 1.54) is 4.31 Å². The second kappa shape index (κ2) is 8.50. The predicted octanol–water partition coefficient (Wildman–Crippen LogP) is 0.990. The van der Waals surface area contributed by atoms with Gasteiger partial charge in [-0.3, -0.25) is 0 Å². The number of sulfonamides is 1. The maximum absolute atomic E-state index is 11.9. The molecule has 1 N–H and O–H groups in total. The fourth-order valence-electron chi connectivity index (χ4n) is 1.22. The molecule has 0 bridgehead atoms. The summed E-state index contributed by atoms with van der Waals surface area (Å²) in [6, 6.07) is 0. The molecular weight excluding hydrogens is 224 g/mol. The Morgan fingerprint density at radius 3 is 2.19 bits per heavy atom. The van der Waals surface area contributed by atoms with E-state index in [1.54, 1.807) is 12.2 Å². The molecule has 0 atom stereocenters. The molecule has 94 valence electrons. The van der Waals surface area contributed by atoms with Crippen LogP contribution in [0.4, 0.5) is 0 Å². The standard InChI is InChI=1S/C11H22N2O2S/c1-4-7-12-8-11-16(14,15)13(9-5-2)10-6-3/h5-6,12H,2-4,7-11H2,1H3. The first-order chi connectivity index (χ1) is 7.58. The van der Waals surface area contributed by atoms with E-state index in [0.29, 0.717) is 19.6 Å². The normalized spacial score (nSPS) is 11.6. The van der Waals surface area contributed by atoms with Crippen LogP contribution in [0.5, 0.6) is 0 Å². The smallest absolute Gasteiger partial charge is 0.215 e. The molecule has 0 aromatic rings. The lowest BCUT2D eigenvalue weighted by Gasteiger charge is -2.18. The van der Waals surface area contributed by atoms with Crippen LogP contribution in [0.2, 0.25) is 0 Å². The summed E-state index contributed by atoms with van der Waals surface area (Å²) in [5.74, 6) is 0.120. The van der Waals surface area contributed by atoms with Gasteiger partial charge in [-0.15, -0.1) is 13.2 Å². The average Bonchev–Trinajstić information content (AvgIpc) is 2.24. The van der Waals surface area contributed by atoms with Gasteiger partial charge in [0.15, 0.2) is 0 Å². The zero-order chi connectivity index (χ0) is 12.4. The lowest BCUT2D eigenvalue weighted by atomic mass is 10.5. The third kappa shape index (κ3) is 6.05. The third-order valence-electron chi connectivity index (χ3n) is 2.02. The van der Waals surface area contributed by atoms with E-state index >= 15 is 0 Å².